The number of nitrogens with zero attached hydrogens (tertiary/aromatic N) is 1. The van der Waals surface area contributed by atoms with E-state index in [2.05, 4.69) is 0 Å². The normalized spacial score (nSPS) is 25.5. The number of carboxylic acid groups (broad SMARTS) is 1. The zero-order chi connectivity index (χ0) is 7.72. The van der Waals surface area contributed by atoms with Gasteiger partial charge in [-0.25, -0.2) is 0 Å². The number of carbonyl (C=O) groups is 2. The molecule has 4 nitrogen and oxygen atoms in total. The van der Waals surface area contributed by atoms with Gasteiger partial charge in [-0.15, -0.1) is 0 Å². The molecular weight excluding hydrogens is 134 g/mol. The lowest BCUT2D eigenvalue weighted by molar-refractivity contribution is -0.310. The Bertz CT molecular complexity index is 178. The average Bonchev–Trinajstić information content (AvgIpc) is 2.14. The van der Waals surface area contributed by atoms with Crippen LogP contribution in [0.3, 0.4) is 0 Å². The molecule has 1 amide bonds. The van der Waals surface area contributed by atoms with Gasteiger partial charge in [0.1, 0.15) is 0 Å². The smallest absolute Gasteiger partial charge is 0.222 e. The van der Waals surface area contributed by atoms with Gasteiger partial charge in [-0.3, -0.25) is 4.79 Å². The van der Waals surface area contributed by atoms with Crippen LogP contribution in [0.2, 0.25) is 0 Å². The third-order valence-electron chi connectivity index (χ3n) is 1.76. The van der Waals surface area contributed by atoms with E-state index in [0.717, 1.165) is 0 Å². The lowest BCUT2D eigenvalue weighted by atomic mass is 10.2. The highest BCUT2D eigenvalue weighted by Gasteiger charge is 2.27. The number of hydrogen-bond donors (Lipinski definition) is 0. The first kappa shape index (κ1) is 7.05. The van der Waals surface area contributed by atoms with Gasteiger partial charge in [0.25, 0.3) is 0 Å². The quantitative estimate of drug-likeness (QED) is 0.441. The van der Waals surface area contributed by atoms with E-state index in [-0.39, 0.29) is 5.91 Å². The monoisotopic (exact) mass is 142 g/mol. The molecule has 0 radical (unpaired) electrons. The molecule has 0 aromatic carbocycles. The fraction of sp³-hybridized carbons (Fsp3) is 0.667. The number of rotatable bonds is 1. The van der Waals surface area contributed by atoms with Gasteiger partial charge in [-0.2, -0.15) is 0 Å². The molecule has 1 rings (SSSR count). The lowest BCUT2D eigenvalue weighted by Crippen LogP contribution is -2.43. The van der Waals surface area contributed by atoms with Crippen molar-refractivity contribution in [3.05, 3.63) is 0 Å². The summed E-state index contributed by atoms with van der Waals surface area (Å²) in [6.45, 7) is 0. The molecule has 1 aliphatic heterocycles. The van der Waals surface area contributed by atoms with Gasteiger partial charge in [0.15, 0.2) is 0 Å². The summed E-state index contributed by atoms with van der Waals surface area (Å²) in [6, 6.07) is -0.701. The summed E-state index contributed by atoms with van der Waals surface area (Å²) < 4.78 is 0. The Morgan fingerprint density at radius 3 is 2.60 bits per heavy atom. The summed E-state index contributed by atoms with van der Waals surface area (Å²) in [7, 11) is 1.48. The maximum absolute atomic E-state index is 10.7. The second-order valence-corrected chi connectivity index (χ2v) is 2.38. The van der Waals surface area contributed by atoms with Gasteiger partial charge in [0, 0.05) is 13.5 Å². The molecule has 0 spiro atoms. The fourth-order valence-corrected chi connectivity index (χ4v) is 1.08. The van der Waals surface area contributed by atoms with Crippen molar-refractivity contribution in [1.29, 1.82) is 0 Å². The maximum atomic E-state index is 10.7. The molecule has 0 bridgehead atoms. The largest absolute Gasteiger partial charge is 0.548 e. The second kappa shape index (κ2) is 2.28. The Morgan fingerprint density at radius 1 is 1.80 bits per heavy atom. The number of likely N-dealkylation sites (N-methyl/N-ethyl adjacent to an activating group) is 1. The van der Waals surface area contributed by atoms with Crippen molar-refractivity contribution < 1.29 is 14.7 Å². The molecule has 1 fully saturated rings. The first-order chi connectivity index (χ1) is 4.63. The Labute approximate surface area is 58.4 Å². The topological polar surface area (TPSA) is 60.4 Å². The molecule has 0 saturated carbocycles. The van der Waals surface area contributed by atoms with E-state index in [9.17, 15) is 14.7 Å². The van der Waals surface area contributed by atoms with E-state index in [4.69, 9.17) is 0 Å². The predicted molar refractivity (Wildman–Crippen MR) is 30.8 cm³/mol. The van der Waals surface area contributed by atoms with Crippen molar-refractivity contribution in [3.63, 3.8) is 0 Å². The van der Waals surface area contributed by atoms with E-state index in [1.54, 1.807) is 0 Å². The summed E-state index contributed by atoms with van der Waals surface area (Å²) in [4.78, 5) is 22.2. The number of carbonyl (C=O) groups excluding carboxylic acids is 2. The molecule has 1 atom stereocenters. The van der Waals surface area contributed by atoms with Gasteiger partial charge in [-0.1, -0.05) is 0 Å². The van der Waals surface area contributed by atoms with Crippen LogP contribution in [0.4, 0.5) is 0 Å². The maximum Gasteiger partial charge on any atom is 0.222 e. The standard InChI is InChI=1S/C6H9NO3/c1-7-4(6(9)10)2-3-5(7)8/h4H,2-3H2,1H3,(H,9,10)/p-1/t4-/m0/s1. The fourth-order valence-electron chi connectivity index (χ4n) is 1.08. The van der Waals surface area contributed by atoms with Crippen LogP contribution in [0, 0.1) is 0 Å². The first-order valence-corrected chi connectivity index (χ1v) is 3.09. The second-order valence-electron chi connectivity index (χ2n) is 2.38. The molecule has 1 aliphatic rings. The van der Waals surface area contributed by atoms with E-state index in [0.29, 0.717) is 12.8 Å². The van der Waals surface area contributed by atoms with Crippen LogP contribution < -0.4 is 5.11 Å². The Hall–Kier alpha value is -1.06. The Morgan fingerprint density at radius 2 is 2.40 bits per heavy atom. The highest BCUT2D eigenvalue weighted by molar-refractivity contribution is 5.86. The summed E-state index contributed by atoms with van der Waals surface area (Å²) >= 11 is 0. The molecule has 56 valence electrons. The number of aliphatic carboxylic acids is 1. The molecule has 0 aliphatic carbocycles. The molecular formula is C6H8NO3-. The summed E-state index contributed by atoms with van der Waals surface area (Å²) in [5, 5.41) is 10.3. The highest BCUT2D eigenvalue weighted by Crippen LogP contribution is 2.14. The Balaban J connectivity index is 2.66. The molecule has 1 heterocycles. The zero-order valence-electron chi connectivity index (χ0n) is 5.66. The van der Waals surface area contributed by atoms with E-state index < -0.39 is 12.0 Å². The lowest BCUT2D eigenvalue weighted by Gasteiger charge is -2.19. The van der Waals surface area contributed by atoms with Gasteiger partial charge in [0.05, 0.1) is 12.0 Å². The number of amides is 1. The molecule has 0 N–H and O–H groups in total. The van der Waals surface area contributed by atoms with Crippen LogP contribution in [0.1, 0.15) is 12.8 Å². The number of hydrogen-bond acceptors (Lipinski definition) is 3. The molecule has 0 unspecified atom stereocenters. The molecule has 0 aromatic rings. The molecule has 0 aromatic heterocycles. The van der Waals surface area contributed by atoms with Crippen molar-refractivity contribution in [2.45, 2.75) is 18.9 Å². The molecule has 1 saturated heterocycles. The third kappa shape index (κ3) is 0.964. The van der Waals surface area contributed by atoms with Crippen molar-refractivity contribution in [2.24, 2.45) is 0 Å². The molecule has 10 heavy (non-hydrogen) atoms. The number of likely N-dealkylation sites (tertiary alicyclic amines) is 1. The number of carboxylic acids is 1. The summed E-state index contributed by atoms with van der Waals surface area (Å²) in [5.41, 5.74) is 0. The first-order valence-electron chi connectivity index (χ1n) is 3.09. The van der Waals surface area contributed by atoms with E-state index >= 15 is 0 Å². The minimum absolute atomic E-state index is 0.116. The third-order valence-corrected chi connectivity index (χ3v) is 1.76. The minimum atomic E-state index is -1.16. The van der Waals surface area contributed by atoms with Crippen molar-refractivity contribution in [3.8, 4) is 0 Å². The van der Waals surface area contributed by atoms with Gasteiger partial charge < -0.3 is 14.8 Å². The van der Waals surface area contributed by atoms with E-state index in [1.807, 2.05) is 0 Å². The van der Waals surface area contributed by atoms with E-state index in [1.165, 1.54) is 11.9 Å². The van der Waals surface area contributed by atoms with Crippen LogP contribution in [0.5, 0.6) is 0 Å². The molecule has 4 heteroatoms. The van der Waals surface area contributed by atoms with Crippen LogP contribution in [-0.4, -0.2) is 29.9 Å². The van der Waals surface area contributed by atoms with Gasteiger partial charge in [-0.05, 0) is 6.42 Å². The highest BCUT2D eigenvalue weighted by atomic mass is 16.4. The minimum Gasteiger partial charge on any atom is -0.548 e. The van der Waals surface area contributed by atoms with Crippen LogP contribution in [0.15, 0.2) is 0 Å². The van der Waals surface area contributed by atoms with Gasteiger partial charge >= 0.3 is 0 Å². The zero-order valence-corrected chi connectivity index (χ0v) is 5.66. The summed E-state index contributed by atoms with van der Waals surface area (Å²) in [6.07, 6.45) is 0.715. The summed E-state index contributed by atoms with van der Waals surface area (Å²) in [5.74, 6) is -1.28. The SMILES string of the molecule is CN1C(=O)CC[C@H]1C(=O)[O-]. The Kier molecular flexibility index (Phi) is 1.61. The van der Waals surface area contributed by atoms with Gasteiger partial charge in [0.2, 0.25) is 5.91 Å². The van der Waals surface area contributed by atoms with Crippen LogP contribution >= 0.6 is 0 Å². The predicted octanol–water partition coefficient (Wildman–Crippen LogP) is -1.64. The van der Waals surface area contributed by atoms with Crippen molar-refractivity contribution >= 4 is 11.9 Å². The van der Waals surface area contributed by atoms with Crippen LogP contribution in [-0.2, 0) is 9.59 Å². The average molecular weight is 142 g/mol. The van der Waals surface area contributed by atoms with Crippen molar-refractivity contribution in [1.82, 2.24) is 4.90 Å². The van der Waals surface area contributed by atoms with Crippen LogP contribution in [0.25, 0.3) is 0 Å². The van der Waals surface area contributed by atoms with Crippen molar-refractivity contribution in [2.75, 3.05) is 7.05 Å².